The number of rotatable bonds is 5. The highest BCUT2D eigenvalue weighted by atomic mass is 16.8. The van der Waals surface area contributed by atoms with Crippen LogP contribution in [0.3, 0.4) is 0 Å². The van der Waals surface area contributed by atoms with Crippen LogP contribution in [0.5, 0.6) is 5.75 Å². The normalized spacial score (nSPS) is 9.29. The number of ether oxygens (including phenoxy) is 2. The third kappa shape index (κ3) is 3.63. The van der Waals surface area contributed by atoms with Gasteiger partial charge in [0.1, 0.15) is 11.4 Å². The van der Waals surface area contributed by atoms with E-state index in [1.165, 1.54) is 13.2 Å². The van der Waals surface area contributed by atoms with Gasteiger partial charge in [-0.25, -0.2) is 15.8 Å². The largest absolute Gasteiger partial charge is 0.533 e. The van der Waals surface area contributed by atoms with Crippen LogP contribution in [0, 0.1) is 5.53 Å². The molecule has 0 unspecified atom stereocenters. The van der Waals surface area contributed by atoms with Gasteiger partial charge in [-0.2, -0.15) is 5.11 Å². The molecular formula is C10H13N3O4. The third-order valence-corrected chi connectivity index (χ3v) is 1.83. The van der Waals surface area contributed by atoms with Gasteiger partial charge in [0.2, 0.25) is 0 Å². The standard InChI is InChI=1S/C10H13N3O4/c1-3-16-10(14)17-13-8-5-4-7(15-2)6-9(8)12-11/h4-6,11,13H,3H2,1-2H3. The lowest BCUT2D eigenvalue weighted by Crippen LogP contribution is -2.12. The van der Waals surface area contributed by atoms with E-state index in [0.717, 1.165) is 0 Å². The van der Waals surface area contributed by atoms with Gasteiger partial charge in [-0.05, 0) is 19.1 Å². The van der Waals surface area contributed by atoms with Crippen LogP contribution in [0.15, 0.2) is 23.3 Å². The van der Waals surface area contributed by atoms with E-state index in [1.807, 2.05) is 0 Å². The first kappa shape index (κ1) is 12.8. The zero-order valence-electron chi connectivity index (χ0n) is 9.52. The summed E-state index contributed by atoms with van der Waals surface area (Å²) < 4.78 is 9.53. The fraction of sp³-hybridized carbons (Fsp3) is 0.300. The van der Waals surface area contributed by atoms with E-state index in [1.54, 1.807) is 19.1 Å². The van der Waals surface area contributed by atoms with Gasteiger partial charge >= 0.3 is 6.16 Å². The molecular weight excluding hydrogens is 226 g/mol. The molecule has 0 bridgehead atoms. The lowest BCUT2D eigenvalue weighted by atomic mass is 10.2. The summed E-state index contributed by atoms with van der Waals surface area (Å²) in [4.78, 5) is 15.5. The first-order valence-electron chi connectivity index (χ1n) is 4.86. The number of anilines is 1. The van der Waals surface area contributed by atoms with Crippen molar-refractivity contribution in [1.82, 2.24) is 0 Å². The number of carbonyl (C=O) groups is 1. The molecule has 0 heterocycles. The van der Waals surface area contributed by atoms with Gasteiger partial charge < -0.3 is 14.3 Å². The van der Waals surface area contributed by atoms with Gasteiger partial charge in [-0.3, -0.25) is 0 Å². The van der Waals surface area contributed by atoms with E-state index in [4.69, 9.17) is 10.3 Å². The van der Waals surface area contributed by atoms with Crippen LogP contribution in [0.1, 0.15) is 6.92 Å². The van der Waals surface area contributed by atoms with Crippen molar-refractivity contribution in [1.29, 1.82) is 5.53 Å². The summed E-state index contributed by atoms with van der Waals surface area (Å²) >= 11 is 0. The molecule has 1 aromatic rings. The van der Waals surface area contributed by atoms with Gasteiger partial charge in [0, 0.05) is 6.07 Å². The molecule has 0 aromatic heterocycles. The highest BCUT2D eigenvalue weighted by Gasteiger charge is 2.07. The number of carbonyl (C=O) groups excluding carboxylic acids is 1. The highest BCUT2D eigenvalue weighted by Crippen LogP contribution is 2.29. The maximum absolute atomic E-state index is 10.9. The second-order valence-corrected chi connectivity index (χ2v) is 2.88. The lowest BCUT2D eigenvalue weighted by molar-refractivity contribution is 0.0762. The first-order valence-corrected chi connectivity index (χ1v) is 4.86. The van der Waals surface area contributed by atoms with Crippen LogP contribution in [0.25, 0.3) is 0 Å². The van der Waals surface area contributed by atoms with E-state index in [2.05, 4.69) is 20.2 Å². The minimum Gasteiger partial charge on any atom is -0.497 e. The SMILES string of the molecule is CCOC(=O)ONc1ccc(OC)cc1N=N. The molecule has 2 N–H and O–H groups in total. The zero-order chi connectivity index (χ0) is 12.7. The molecule has 0 aliphatic rings. The molecule has 0 spiro atoms. The van der Waals surface area contributed by atoms with E-state index in [0.29, 0.717) is 11.4 Å². The van der Waals surface area contributed by atoms with Crippen molar-refractivity contribution in [2.45, 2.75) is 6.92 Å². The summed E-state index contributed by atoms with van der Waals surface area (Å²) in [6, 6.07) is 4.75. The molecule has 0 fully saturated rings. The summed E-state index contributed by atoms with van der Waals surface area (Å²) in [5, 5.41) is 3.28. The Morgan fingerprint density at radius 3 is 2.88 bits per heavy atom. The van der Waals surface area contributed by atoms with Gasteiger partial charge in [-0.1, -0.05) is 0 Å². The Kier molecular flexibility index (Phi) is 4.74. The molecule has 17 heavy (non-hydrogen) atoms. The molecule has 0 saturated heterocycles. The number of hydrogen-bond acceptors (Lipinski definition) is 7. The minimum atomic E-state index is -0.848. The summed E-state index contributed by atoms with van der Waals surface area (Å²) in [5.41, 5.74) is 9.99. The fourth-order valence-corrected chi connectivity index (χ4v) is 1.06. The number of nitrogens with zero attached hydrogens (tertiary/aromatic N) is 1. The fourth-order valence-electron chi connectivity index (χ4n) is 1.06. The average Bonchev–Trinajstić information content (AvgIpc) is 2.36. The van der Waals surface area contributed by atoms with Crippen molar-refractivity contribution >= 4 is 17.5 Å². The predicted octanol–water partition coefficient (Wildman–Crippen LogP) is 2.86. The van der Waals surface area contributed by atoms with Gasteiger partial charge in [0.15, 0.2) is 0 Å². The molecule has 7 heteroatoms. The van der Waals surface area contributed by atoms with Crippen LogP contribution < -0.4 is 10.2 Å². The smallest absolute Gasteiger partial charge is 0.497 e. The van der Waals surface area contributed by atoms with E-state index >= 15 is 0 Å². The van der Waals surface area contributed by atoms with E-state index in [-0.39, 0.29) is 12.3 Å². The van der Waals surface area contributed by atoms with Gasteiger partial charge in [0.25, 0.3) is 0 Å². The Labute approximate surface area is 98.1 Å². The molecule has 0 aliphatic heterocycles. The van der Waals surface area contributed by atoms with Crippen molar-refractivity contribution in [3.63, 3.8) is 0 Å². The summed E-state index contributed by atoms with van der Waals surface area (Å²) in [6.45, 7) is 1.89. The van der Waals surface area contributed by atoms with E-state index < -0.39 is 6.16 Å². The van der Waals surface area contributed by atoms with Crippen LogP contribution >= 0.6 is 0 Å². The third-order valence-electron chi connectivity index (χ3n) is 1.83. The second kappa shape index (κ2) is 6.31. The Balaban J connectivity index is 2.70. The Morgan fingerprint density at radius 2 is 2.29 bits per heavy atom. The van der Waals surface area contributed by atoms with Crippen LogP contribution in [0.2, 0.25) is 0 Å². The predicted molar refractivity (Wildman–Crippen MR) is 59.5 cm³/mol. The number of hydrogen-bond donors (Lipinski definition) is 2. The molecule has 7 nitrogen and oxygen atoms in total. The summed E-state index contributed by atoms with van der Waals surface area (Å²) in [5.74, 6) is 0.553. The Morgan fingerprint density at radius 1 is 1.53 bits per heavy atom. The maximum atomic E-state index is 10.9. The molecule has 0 aliphatic carbocycles. The van der Waals surface area contributed by atoms with Gasteiger partial charge in [0.05, 0.1) is 19.4 Å². The topological polar surface area (TPSA) is 93.0 Å². The highest BCUT2D eigenvalue weighted by molar-refractivity contribution is 5.68. The van der Waals surface area contributed by atoms with Crippen molar-refractivity contribution in [2.75, 3.05) is 19.2 Å². The zero-order valence-corrected chi connectivity index (χ0v) is 9.52. The van der Waals surface area contributed by atoms with Crippen molar-refractivity contribution in [3.05, 3.63) is 18.2 Å². The second-order valence-electron chi connectivity index (χ2n) is 2.88. The Hall–Kier alpha value is -2.31. The summed E-state index contributed by atoms with van der Waals surface area (Å²) in [7, 11) is 1.51. The lowest BCUT2D eigenvalue weighted by Gasteiger charge is -2.09. The molecule has 1 rings (SSSR count). The molecule has 92 valence electrons. The van der Waals surface area contributed by atoms with Crippen LogP contribution in [-0.2, 0) is 9.57 Å². The van der Waals surface area contributed by atoms with Crippen LogP contribution in [0.4, 0.5) is 16.2 Å². The first-order chi connectivity index (χ1) is 8.21. The van der Waals surface area contributed by atoms with Crippen LogP contribution in [-0.4, -0.2) is 19.9 Å². The summed E-state index contributed by atoms with van der Waals surface area (Å²) in [6.07, 6.45) is -0.848. The molecule has 1 aromatic carbocycles. The van der Waals surface area contributed by atoms with Crippen molar-refractivity contribution in [2.24, 2.45) is 5.11 Å². The van der Waals surface area contributed by atoms with E-state index in [9.17, 15) is 4.79 Å². The number of benzene rings is 1. The quantitative estimate of drug-likeness (QED) is 0.468. The maximum Gasteiger partial charge on any atom is 0.533 e. The molecule has 0 amide bonds. The number of nitrogens with one attached hydrogen (secondary N) is 2. The van der Waals surface area contributed by atoms with Crippen molar-refractivity contribution < 1.29 is 19.1 Å². The molecule has 0 radical (unpaired) electrons. The monoisotopic (exact) mass is 239 g/mol. The van der Waals surface area contributed by atoms with Gasteiger partial charge in [-0.15, -0.1) is 0 Å². The average molecular weight is 239 g/mol. The van der Waals surface area contributed by atoms with Crippen molar-refractivity contribution in [3.8, 4) is 5.75 Å². The number of methoxy groups -OCH3 is 1. The molecule has 0 atom stereocenters. The Bertz CT molecular complexity index is 409. The molecule has 0 saturated carbocycles. The minimum absolute atomic E-state index is 0.221.